The van der Waals surface area contributed by atoms with Crippen molar-refractivity contribution in [3.8, 4) is 28.5 Å². The van der Waals surface area contributed by atoms with Crippen LogP contribution in [0.1, 0.15) is 11.1 Å². The number of carboxylic acid groups (broad SMARTS) is 1. The van der Waals surface area contributed by atoms with Gasteiger partial charge >= 0.3 is 5.97 Å². The normalized spacial score (nSPS) is 11.8. The van der Waals surface area contributed by atoms with Crippen molar-refractivity contribution in [1.82, 2.24) is 14.5 Å². The number of ether oxygens (including phenoxy) is 2. The van der Waals surface area contributed by atoms with Gasteiger partial charge in [-0.15, -0.1) is 0 Å². The summed E-state index contributed by atoms with van der Waals surface area (Å²) in [5, 5.41) is 9.80. The average Bonchev–Trinajstić information content (AvgIpc) is 3.33. The van der Waals surface area contributed by atoms with E-state index in [-0.39, 0.29) is 6.42 Å². The Morgan fingerprint density at radius 3 is 2.46 bits per heavy atom. The van der Waals surface area contributed by atoms with E-state index in [9.17, 15) is 4.79 Å². The van der Waals surface area contributed by atoms with Crippen molar-refractivity contribution >= 4 is 17.0 Å². The fourth-order valence-electron chi connectivity index (χ4n) is 4.18. The third kappa shape index (κ3) is 5.44. The van der Waals surface area contributed by atoms with Gasteiger partial charge < -0.3 is 24.9 Å². The minimum Gasteiger partial charge on any atom is -0.497 e. The van der Waals surface area contributed by atoms with Crippen molar-refractivity contribution in [3.63, 3.8) is 0 Å². The molecule has 0 bridgehead atoms. The van der Waals surface area contributed by atoms with Crippen LogP contribution in [0.2, 0.25) is 0 Å². The SMILES string of the molecule is COc1cccc(-c2cccc(Cn3ccc4c(Oc5ccc(CC(N)C(=O)O)cc5)ncnc43)c2)c1. The van der Waals surface area contributed by atoms with Crippen molar-refractivity contribution in [1.29, 1.82) is 0 Å². The molecule has 3 aromatic carbocycles. The van der Waals surface area contributed by atoms with Crippen molar-refractivity contribution in [3.05, 3.63) is 103 Å². The van der Waals surface area contributed by atoms with E-state index < -0.39 is 12.0 Å². The molecular formula is C29H26N4O4. The van der Waals surface area contributed by atoms with Crippen LogP contribution in [0.4, 0.5) is 0 Å². The molecule has 0 spiro atoms. The highest BCUT2D eigenvalue weighted by Crippen LogP contribution is 2.29. The van der Waals surface area contributed by atoms with Gasteiger partial charge in [-0.3, -0.25) is 4.79 Å². The quantitative estimate of drug-likeness (QED) is 0.300. The first-order chi connectivity index (χ1) is 18.0. The van der Waals surface area contributed by atoms with Crippen LogP contribution in [0, 0.1) is 0 Å². The molecule has 2 aromatic heterocycles. The molecule has 2 heterocycles. The number of carbonyl (C=O) groups is 1. The summed E-state index contributed by atoms with van der Waals surface area (Å²) in [6.45, 7) is 0.635. The summed E-state index contributed by atoms with van der Waals surface area (Å²) in [4.78, 5) is 19.8. The van der Waals surface area contributed by atoms with Crippen molar-refractivity contribution in [2.45, 2.75) is 19.0 Å². The van der Waals surface area contributed by atoms with Crippen LogP contribution >= 0.6 is 0 Å². The molecule has 5 rings (SSSR count). The molecule has 3 N–H and O–H groups in total. The lowest BCUT2D eigenvalue weighted by Crippen LogP contribution is -2.32. The van der Waals surface area contributed by atoms with Crippen LogP contribution in [0.5, 0.6) is 17.4 Å². The Labute approximate surface area is 213 Å². The van der Waals surface area contributed by atoms with Gasteiger partial charge in [0.05, 0.1) is 12.5 Å². The molecule has 0 amide bonds. The van der Waals surface area contributed by atoms with E-state index in [1.165, 1.54) is 6.33 Å². The number of aliphatic carboxylic acids is 1. The minimum atomic E-state index is -1.03. The van der Waals surface area contributed by atoms with Crippen LogP contribution in [-0.4, -0.2) is 38.8 Å². The zero-order valence-corrected chi connectivity index (χ0v) is 20.2. The van der Waals surface area contributed by atoms with E-state index >= 15 is 0 Å². The number of hydrogen-bond acceptors (Lipinski definition) is 6. The summed E-state index contributed by atoms with van der Waals surface area (Å²) in [6.07, 6.45) is 3.71. The maximum Gasteiger partial charge on any atom is 0.320 e. The van der Waals surface area contributed by atoms with Gasteiger partial charge in [0.1, 0.15) is 29.5 Å². The van der Waals surface area contributed by atoms with E-state index in [0.29, 0.717) is 18.2 Å². The monoisotopic (exact) mass is 494 g/mol. The fraction of sp³-hybridized carbons (Fsp3) is 0.138. The van der Waals surface area contributed by atoms with Gasteiger partial charge in [0.2, 0.25) is 5.88 Å². The number of aromatic nitrogens is 3. The molecule has 1 atom stereocenters. The van der Waals surface area contributed by atoms with Crippen LogP contribution in [-0.2, 0) is 17.8 Å². The molecule has 37 heavy (non-hydrogen) atoms. The van der Waals surface area contributed by atoms with Crippen molar-refractivity contribution < 1.29 is 19.4 Å². The van der Waals surface area contributed by atoms with Gasteiger partial charge in [0.25, 0.3) is 0 Å². The Morgan fingerprint density at radius 2 is 1.70 bits per heavy atom. The first kappa shape index (κ1) is 24.0. The molecule has 0 aliphatic carbocycles. The fourth-order valence-corrected chi connectivity index (χ4v) is 4.18. The summed E-state index contributed by atoms with van der Waals surface area (Å²) < 4.78 is 13.5. The third-order valence-corrected chi connectivity index (χ3v) is 6.11. The number of carboxylic acids is 1. The molecule has 8 heteroatoms. The Bertz CT molecular complexity index is 1550. The summed E-state index contributed by atoms with van der Waals surface area (Å²) >= 11 is 0. The highest BCUT2D eigenvalue weighted by Gasteiger charge is 2.14. The molecule has 0 fully saturated rings. The Hall–Kier alpha value is -4.69. The van der Waals surface area contributed by atoms with E-state index in [1.807, 2.05) is 36.5 Å². The molecule has 1 unspecified atom stereocenters. The molecule has 0 saturated carbocycles. The predicted molar refractivity (Wildman–Crippen MR) is 141 cm³/mol. The Kier molecular flexibility index (Phi) is 6.83. The van der Waals surface area contributed by atoms with E-state index in [2.05, 4.69) is 38.8 Å². The topological polar surface area (TPSA) is 112 Å². The molecule has 186 valence electrons. The number of hydrogen-bond donors (Lipinski definition) is 2. The maximum atomic E-state index is 11.0. The van der Waals surface area contributed by atoms with Gasteiger partial charge in [0.15, 0.2) is 0 Å². The Morgan fingerprint density at radius 1 is 0.946 bits per heavy atom. The lowest BCUT2D eigenvalue weighted by molar-refractivity contribution is -0.138. The Balaban J connectivity index is 1.35. The first-order valence-electron chi connectivity index (χ1n) is 11.8. The zero-order valence-electron chi connectivity index (χ0n) is 20.2. The van der Waals surface area contributed by atoms with Crippen LogP contribution < -0.4 is 15.2 Å². The van der Waals surface area contributed by atoms with Gasteiger partial charge in [-0.2, -0.15) is 0 Å². The van der Waals surface area contributed by atoms with E-state index in [0.717, 1.165) is 39.0 Å². The van der Waals surface area contributed by atoms with Gasteiger partial charge in [-0.25, -0.2) is 9.97 Å². The summed E-state index contributed by atoms with van der Waals surface area (Å²) in [7, 11) is 1.67. The van der Waals surface area contributed by atoms with Crippen LogP contribution in [0.25, 0.3) is 22.2 Å². The highest BCUT2D eigenvalue weighted by molar-refractivity contribution is 5.81. The lowest BCUT2D eigenvalue weighted by atomic mass is 10.0. The zero-order chi connectivity index (χ0) is 25.8. The third-order valence-electron chi connectivity index (χ3n) is 6.11. The van der Waals surface area contributed by atoms with Crippen LogP contribution in [0.3, 0.4) is 0 Å². The lowest BCUT2D eigenvalue weighted by Gasteiger charge is -2.10. The molecule has 5 aromatic rings. The number of methoxy groups -OCH3 is 1. The summed E-state index contributed by atoms with van der Waals surface area (Å²) in [5.74, 6) is 0.831. The second kappa shape index (κ2) is 10.5. The number of benzene rings is 3. The number of nitrogens with two attached hydrogens (primary N) is 1. The number of rotatable bonds is 9. The van der Waals surface area contributed by atoms with E-state index in [1.54, 1.807) is 31.4 Å². The standard InChI is InChI=1S/C29H26N4O4/c1-36-24-7-3-6-22(16-24)21-5-2-4-20(14-21)17-33-13-12-25-27(33)31-18-32-28(25)37-23-10-8-19(9-11-23)15-26(30)29(34)35/h2-14,16,18,26H,15,17,30H2,1H3,(H,34,35). The minimum absolute atomic E-state index is 0.245. The summed E-state index contributed by atoms with van der Waals surface area (Å²) in [6, 6.07) is 24.5. The molecule has 8 nitrogen and oxygen atoms in total. The highest BCUT2D eigenvalue weighted by atomic mass is 16.5. The summed E-state index contributed by atoms with van der Waals surface area (Å²) in [5.41, 5.74) is 10.5. The van der Waals surface area contributed by atoms with Gasteiger partial charge in [-0.1, -0.05) is 42.5 Å². The second-order valence-electron chi connectivity index (χ2n) is 8.69. The van der Waals surface area contributed by atoms with Gasteiger partial charge in [-0.05, 0) is 65.1 Å². The molecule has 0 aliphatic rings. The predicted octanol–water partition coefficient (Wildman–Crippen LogP) is 4.90. The number of fused-ring (bicyclic) bond motifs is 1. The smallest absolute Gasteiger partial charge is 0.320 e. The molecular weight excluding hydrogens is 468 g/mol. The molecule has 0 radical (unpaired) electrons. The first-order valence-corrected chi connectivity index (χ1v) is 11.8. The molecule has 0 aliphatic heterocycles. The largest absolute Gasteiger partial charge is 0.497 e. The van der Waals surface area contributed by atoms with E-state index in [4.69, 9.17) is 20.3 Å². The molecule has 0 saturated heterocycles. The maximum absolute atomic E-state index is 11.0. The average molecular weight is 495 g/mol. The van der Waals surface area contributed by atoms with Crippen molar-refractivity contribution in [2.75, 3.05) is 7.11 Å². The van der Waals surface area contributed by atoms with Gasteiger partial charge in [0, 0.05) is 12.7 Å². The van der Waals surface area contributed by atoms with Crippen molar-refractivity contribution in [2.24, 2.45) is 5.73 Å². The van der Waals surface area contributed by atoms with Crippen LogP contribution in [0.15, 0.2) is 91.4 Å². The number of nitrogens with zero attached hydrogens (tertiary/aromatic N) is 3. The second-order valence-corrected chi connectivity index (χ2v) is 8.69.